The smallest absolute Gasteiger partial charge is 0.257 e. The molecule has 126 valence electrons. The fourth-order valence-electron chi connectivity index (χ4n) is 3.29. The molecule has 2 aliphatic rings. The Morgan fingerprint density at radius 1 is 0.920 bits per heavy atom. The van der Waals surface area contributed by atoms with Gasteiger partial charge in [-0.25, -0.2) is 0 Å². The molecule has 0 unspecified atom stereocenters. The van der Waals surface area contributed by atoms with E-state index in [0.717, 1.165) is 11.1 Å². The lowest BCUT2D eigenvalue weighted by atomic mass is 9.94. The number of amides is 1. The standard InChI is InChI=1S/C19H18N4OS/c1-23-17(13-10-6-3-7-11-13)21-16-14(18(23)24)15(20-19(25)22-16)12-8-4-2-5-9-12/h2-11,15,17,21H,1H3,(H2,20,22,25)/t15-,17-/m1/s1. The van der Waals surface area contributed by atoms with Crippen molar-refractivity contribution < 1.29 is 4.79 Å². The average molecular weight is 350 g/mol. The Morgan fingerprint density at radius 2 is 1.52 bits per heavy atom. The first kappa shape index (κ1) is 15.7. The first-order valence-electron chi connectivity index (χ1n) is 8.10. The van der Waals surface area contributed by atoms with E-state index in [0.29, 0.717) is 16.5 Å². The summed E-state index contributed by atoms with van der Waals surface area (Å²) < 4.78 is 0. The average Bonchev–Trinajstić information content (AvgIpc) is 2.65. The Kier molecular flexibility index (Phi) is 3.89. The number of carbonyl (C=O) groups excluding carboxylic acids is 1. The number of carbonyl (C=O) groups is 1. The Labute approximate surface area is 151 Å². The van der Waals surface area contributed by atoms with Crippen LogP contribution in [0.1, 0.15) is 23.3 Å². The fourth-order valence-corrected chi connectivity index (χ4v) is 3.51. The third kappa shape index (κ3) is 2.74. The van der Waals surface area contributed by atoms with Crippen LogP contribution >= 0.6 is 12.2 Å². The van der Waals surface area contributed by atoms with Crippen molar-refractivity contribution >= 4 is 23.2 Å². The zero-order chi connectivity index (χ0) is 17.4. The molecular weight excluding hydrogens is 332 g/mol. The molecule has 4 rings (SSSR count). The van der Waals surface area contributed by atoms with E-state index in [9.17, 15) is 4.79 Å². The zero-order valence-corrected chi connectivity index (χ0v) is 14.5. The van der Waals surface area contributed by atoms with Crippen LogP contribution in [0.5, 0.6) is 0 Å². The quantitative estimate of drug-likeness (QED) is 0.725. The fraction of sp³-hybridized carbons (Fsp3) is 0.158. The van der Waals surface area contributed by atoms with Crippen LogP contribution in [-0.2, 0) is 4.79 Å². The molecule has 5 nitrogen and oxygen atoms in total. The molecule has 0 fully saturated rings. The number of nitrogens with one attached hydrogen (secondary N) is 3. The zero-order valence-electron chi connectivity index (χ0n) is 13.7. The van der Waals surface area contributed by atoms with Gasteiger partial charge in [0.15, 0.2) is 5.11 Å². The second-order valence-electron chi connectivity index (χ2n) is 6.10. The number of nitrogens with zero attached hydrogens (tertiary/aromatic N) is 1. The van der Waals surface area contributed by atoms with E-state index in [-0.39, 0.29) is 18.1 Å². The van der Waals surface area contributed by atoms with Crippen molar-refractivity contribution in [1.29, 1.82) is 0 Å². The van der Waals surface area contributed by atoms with Crippen molar-refractivity contribution in [2.24, 2.45) is 0 Å². The van der Waals surface area contributed by atoms with Gasteiger partial charge in [-0.05, 0) is 23.3 Å². The van der Waals surface area contributed by atoms with Gasteiger partial charge in [0.1, 0.15) is 12.0 Å². The third-order valence-electron chi connectivity index (χ3n) is 4.54. The molecule has 0 radical (unpaired) electrons. The summed E-state index contributed by atoms with van der Waals surface area (Å²) in [6, 6.07) is 19.5. The topological polar surface area (TPSA) is 56.4 Å². The molecule has 0 saturated heterocycles. The van der Waals surface area contributed by atoms with Gasteiger partial charge in [0.05, 0.1) is 11.6 Å². The Hall–Kier alpha value is -2.86. The van der Waals surface area contributed by atoms with E-state index in [1.165, 1.54) is 0 Å². The molecule has 2 aromatic rings. The summed E-state index contributed by atoms with van der Waals surface area (Å²) in [5.74, 6) is 0.647. The monoisotopic (exact) mass is 350 g/mol. The van der Waals surface area contributed by atoms with Crippen molar-refractivity contribution in [3.8, 4) is 0 Å². The molecular formula is C19H18N4OS. The number of thiocarbonyl (C=S) groups is 1. The summed E-state index contributed by atoms with van der Waals surface area (Å²) >= 11 is 5.35. The lowest BCUT2D eigenvalue weighted by molar-refractivity contribution is -0.130. The lowest BCUT2D eigenvalue weighted by Gasteiger charge is -2.42. The molecule has 1 amide bonds. The van der Waals surface area contributed by atoms with Crippen LogP contribution in [0.15, 0.2) is 72.1 Å². The van der Waals surface area contributed by atoms with Gasteiger partial charge in [-0.1, -0.05) is 60.7 Å². The van der Waals surface area contributed by atoms with Gasteiger partial charge >= 0.3 is 0 Å². The van der Waals surface area contributed by atoms with E-state index < -0.39 is 0 Å². The summed E-state index contributed by atoms with van der Waals surface area (Å²) in [6.45, 7) is 0. The van der Waals surface area contributed by atoms with Crippen LogP contribution in [0.4, 0.5) is 0 Å². The van der Waals surface area contributed by atoms with Gasteiger partial charge in [-0.2, -0.15) is 0 Å². The molecule has 6 heteroatoms. The molecule has 2 aromatic carbocycles. The summed E-state index contributed by atoms with van der Waals surface area (Å²) in [5.41, 5.74) is 2.67. The van der Waals surface area contributed by atoms with Gasteiger partial charge in [0, 0.05) is 7.05 Å². The van der Waals surface area contributed by atoms with Crippen molar-refractivity contribution in [2.75, 3.05) is 7.05 Å². The molecule has 3 N–H and O–H groups in total. The van der Waals surface area contributed by atoms with Gasteiger partial charge in [-0.15, -0.1) is 0 Å². The van der Waals surface area contributed by atoms with Crippen molar-refractivity contribution in [2.45, 2.75) is 12.2 Å². The van der Waals surface area contributed by atoms with Crippen LogP contribution in [0.2, 0.25) is 0 Å². The summed E-state index contributed by atoms with van der Waals surface area (Å²) in [4.78, 5) is 14.9. The molecule has 2 heterocycles. The second kappa shape index (κ2) is 6.22. The van der Waals surface area contributed by atoms with Crippen LogP contribution in [-0.4, -0.2) is 23.0 Å². The SMILES string of the molecule is CN1C(=O)C2=C(NC(=S)N[C@@H]2c2ccccc2)N[C@H]1c1ccccc1. The van der Waals surface area contributed by atoms with Gasteiger partial charge in [0.2, 0.25) is 0 Å². The summed E-state index contributed by atoms with van der Waals surface area (Å²) in [7, 11) is 1.81. The summed E-state index contributed by atoms with van der Waals surface area (Å²) in [6.07, 6.45) is -0.239. The van der Waals surface area contributed by atoms with Crippen LogP contribution in [0.3, 0.4) is 0 Å². The maximum absolute atomic E-state index is 13.1. The first-order valence-corrected chi connectivity index (χ1v) is 8.51. The van der Waals surface area contributed by atoms with Crippen molar-refractivity contribution in [3.05, 3.63) is 83.2 Å². The molecule has 0 aliphatic carbocycles. The third-order valence-corrected chi connectivity index (χ3v) is 4.76. The lowest BCUT2D eigenvalue weighted by Crippen LogP contribution is -2.56. The number of hydrogen-bond donors (Lipinski definition) is 3. The van der Waals surface area contributed by atoms with Gasteiger partial charge in [-0.3, -0.25) is 4.79 Å². The van der Waals surface area contributed by atoms with Crippen LogP contribution in [0.25, 0.3) is 0 Å². The number of likely N-dealkylation sites (N-methyl/N-ethyl adjacent to an activating group) is 1. The molecule has 0 aromatic heterocycles. The highest BCUT2D eigenvalue weighted by Gasteiger charge is 2.39. The maximum atomic E-state index is 13.1. The van der Waals surface area contributed by atoms with Crippen molar-refractivity contribution in [1.82, 2.24) is 20.9 Å². The minimum Gasteiger partial charge on any atom is -0.351 e. The predicted octanol–water partition coefficient (Wildman–Crippen LogP) is 2.18. The highest BCUT2D eigenvalue weighted by Crippen LogP contribution is 2.33. The highest BCUT2D eigenvalue weighted by atomic mass is 32.1. The van der Waals surface area contributed by atoms with E-state index in [2.05, 4.69) is 16.0 Å². The normalized spacial score (nSPS) is 22.7. The number of rotatable bonds is 2. The Bertz CT molecular complexity index is 850. The molecule has 0 bridgehead atoms. The molecule has 2 aliphatic heterocycles. The van der Waals surface area contributed by atoms with Gasteiger partial charge < -0.3 is 20.9 Å². The molecule has 2 atom stereocenters. The number of hydrogen-bond acceptors (Lipinski definition) is 3. The Balaban J connectivity index is 1.77. The minimum absolute atomic E-state index is 0.0287. The van der Waals surface area contributed by atoms with Crippen LogP contribution in [0, 0.1) is 0 Å². The van der Waals surface area contributed by atoms with E-state index in [4.69, 9.17) is 12.2 Å². The second-order valence-corrected chi connectivity index (χ2v) is 6.51. The van der Waals surface area contributed by atoms with Crippen LogP contribution < -0.4 is 16.0 Å². The predicted molar refractivity (Wildman–Crippen MR) is 100 cm³/mol. The maximum Gasteiger partial charge on any atom is 0.257 e. The largest absolute Gasteiger partial charge is 0.351 e. The number of benzene rings is 2. The highest BCUT2D eigenvalue weighted by molar-refractivity contribution is 7.80. The molecule has 0 spiro atoms. The first-order chi connectivity index (χ1) is 12.1. The van der Waals surface area contributed by atoms with E-state index >= 15 is 0 Å². The van der Waals surface area contributed by atoms with Crippen molar-refractivity contribution in [3.63, 3.8) is 0 Å². The van der Waals surface area contributed by atoms with E-state index in [1.54, 1.807) is 4.90 Å². The Morgan fingerprint density at radius 3 is 2.16 bits per heavy atom. The minimum atomic E-state index is -0.274. The van der Waals surface area contributed by atoms with Gasteiger partial charge in [0.25, 0.3) is 5.91 Å². The van der Waals surface area contributed by atoms with E-state index in [1.807, 2.05) is 67.7 Å². The summed E-state index contributed by atoms with van der Waals surface area (Å²) in [5, 5.41) is 10.3. The molecule has 25 heavy (non-hydrogen) atoms. The molecule has 0 saturated carbocycles.